The molecule has 0 bridgehead atoms. The molecule has 0 radical (unpaired) electrons. The van der Waals surface area contributed by atoms with Gasteiger partial charge in [0.15, 0.2) is 5.03 Å². The average Bonchev–Trinajstić information content (AvgIpc) is 2.52. The van der Waals surface area contributed by atoms with Crippen molar-refractivity contribution in [2.24, 2.45) is 7.05 Å². The second kappa shape index (κ2) is 5.08. The van der Waals surface area contributed by atoms with Gasteiger partial charge in [-0.05, 0) is 12.5 Å². The molecule has 0 saturated carbocycles. The van der Waals surface area contributed by atoms with Crippen molar-refractivity contribution in [3.05, 3.63) is 12.3 Å². The van der Waals surface area contributed by atoms with E-state index in [0.29, 0.717) is 6.54 Å². The van der Waals surface area contributed by atoms with Gasteiger partial charge in [0, 0.05) is 18.0 Å². The van der Waals surface area contributed by atoms with Gasteiger partial charge < -0.3 is 0 Å². The summed E-state index contributed by atoms with van der Waals surface area (Å²) in [6.45, 7) is 0.469. The van der Waals surface area contributed by atoms with Crippen LogP contribution in [0.25, 0.3) is 0 Å². The fourth-order valence-corrected chi connectivity index (χ4v) is 2.55. The molecule has 7 heteroatoms. The van der Waals surface area contributed by atoms with E-state index < -0.39 is 10.0 Å². The summed E-state index contributed by atoms with van der Waals surface area (Å²) in [5.74, 6) is 0. The highest BCUT2D eigenvalue weighted by molar-refractivity contribution is 14.1. The van der Waals surface area contributed by atoms with Gasteiger partial charge in [-0.25, -0.2) is 13.1 Å². The van der Waals surface area contributed by atoms with Crippen molar-refractivity contribution < 1.29 is 8.42 Å². The van der Waals surface area contributed by atoms with E-state index in [2.05, 4.69) is 32.4 Å². The summed E-state index contributed by atoms with van der Waals surface area (Å²) in [4.78, 5) is 0. The lowest BCUT2D eigenvalue weighted by molar-refractivity contribution is 0.563. The molecule has 14 heavy (non-hydrogen) atoms. The third kappa shape index (κ3) is 2.92. The first-order valence-corrected chi connectivity index (χ1v) is 7.12. The SMILES string of the molecule is Cn1nccc1S(=O)(=O)NCCCI. The number of hydrogen-bond donors (Lipinski definition) is 1. The van der Waals surface area contributed by atoms with Crippen molar-refractivity contribution in [3.63, 3.8) is 0 Å². The topological polar surface area (TPSA) is 64.0 Å². The van der Waals surface area contributed by atoms with Crippen LogP contribution >= 0.6 is 22.6 Å². The lowest BCUT2D eigenvalue weighted by Crippen LogP contribution is -2.26. The van der Waals surface area contributed by atoms with E-state index in [0.717, 1.165) is 10.8 Å². The fraction of sp³-hybridized carbons (Fsp3) is 0.571. The number of sulfonamides is 1. The minimum absolute atomic E-state index is 0.200. The molecule has 0 aliphatic carbocycles. The van der Waals surface area contributed by atoms with Crippen LogP contribution in [0.2, 0.25) is 0 Å². The van der Waals surface area contributed by atoms with Gasteiger partial charge in [0.25, 0.3) is 10.0 Å². The van der Waals surface area contributed by atoms with E-state index >= 15 is 0 Å². The molecule has 1 aromatic heterocycles. The summed E-state index contributed by atoms with van der Waals surface area (Å²) >= 11 is 2.21. The molecule has 0 unspecified atom stereocenters. The second-order valence-corrected chi connectivity index (χ2v) is 5.53. The second-order valence-electron chi connectivity index (χ2n) is 2.73. The molecule has 5 nitrogen and oxygen atoms in total. The number of nitrogens with zero attached hydrogens (tertiary/aromatic N) is 2. The minimum atomic E-state index is -3.37. The number of nitrogens with one attached hydrogen (secondary N) is 1. The van der Waals surface area contributed by atoms with Crippen molar-refractivity contribution in [1.82, 2.24) is 14.5 Å². The number of alkyl halides is 1. The average molecular weight is 329 g/mol. The molecule has 1 aromatic rings. The van der Waals surface area contributed by atoms with Gasteiger partial charge in [-0.2, -0.15) is 5.10 Å². The van der Waals surface area contributed by atoms with Crippen LogP contribution in [0.15, 0.2) is 17.3 Å². The first-order chi connectivity index (χ1) is 6.58. The summed E-state index contributed by atoms with van der Waals surface area (Å²) in [5, 5.41) is 4.01. The van der Waals surface area contributed by atoms with Crippen molar-refractivity contribution in [3.8, 4) is 0 Å². The molecule has 0 amide bonds. The zero-order valence-electron chi connectivity index (χ0n) is 7.77. The fourth-order valence-electron chi connectivity index (χ4n) is 0.973. The van der Waals surface area contributed by atoms with E-state index in [1.54, 1.807) is 7.05 Å². The highest BCUT2D eigenvalue weighted by Crippen LogP contribution is 2.05. The van der Waals surface area contributed by atoms with Gasteiger partial charge in [0.1, 0.15) is 0 Å². The highest BCUT2D eigenvalue weighted by atomic mass is 127. The van der Waals surface area contributed by atoms with Gasteiger partial charge in [0.2, 0.25) is 0 Å². The van der Waals surface area contributed by atoms with Gasteiger partial charge in [-0.3, -0.25) is 4.68 Å². The number of rotatable bonds is 5. The molecule has 1 heterocycles. The maximum Gasteiger partial charge on any atom is 0.257 e. The maximum atomic E-state index is 11.6. The molecule has 1 rings (SSSR count). The Labute approximate surface area is 97.1 Å². The monoisotopic (exact) mass is 329 g/mol. The third-order valence-electron chi connectivity index (χ3n) is 1.65. The van der Waals surface area contributed by atoms with Crippen LogP contribution in [0.1, 0.15) is 6.42 Å². The Balaban J connectivity index is 2.72. The molecular weight excluding hydrogens is 317 g/mol. The van der Waals surface area contributed by atoms with Crippen molar-refractivity contribution in [1.29, 1.82) is 0 Å². The molecule has 0 aliphatic rings. The van der Waals surface area contributed by atoms with Crippen molar-refractivity contribution in [2.45, 2.75) is 11.4 Å². The smallest absolute Gasteiger partial charge is 0.256 e. The van der Waals surface area contributed by atoms with E-state index in [1.807, 2.05) is 0 Å². The van der Waals surface area contributed by atoms with Crippen LogP contribution in [-0.2, 0) is 17.1 Å². The van der Waals surface area contributed by atoms with Crippen molar-refractivity contribution >= 4 is 32.6 Å². The Kier molecular flexibility index (Phi) is 4.32. The van der Waals surface area contributed by atoms with E-state index in [-0.39, 0.29) is 5.03 Å². The number of halogens is 1. The predicted molar refractivity (Wildman–Crippen MR) is 61.9 cm³/mol. The van der Waals surface area contributed by atoms with Crippen LogP contribution in [0.4, 0.5) is 0 Å². The standard InChI is InChI=1S/C7H12IN3O2S/c1-11-7(3-6-9-11)14(12,13)10-5-2-4-8/h3,6,10H,2,4-5H2,1H3. The van der Waals surface area contributed by atoms with E-state index in [4.69, 9.17) is 0 Å². The van der Waals surface area contributed by atoms with Crippen LogP contribution < -0.4 is 4.72 Å². The maximum absolute atomic E-state index is 11.6. The molecule has 0 aliphatic heterocycles. The Bertz CT molecular complexity index is 387. The van der Waals surface area contributed by atoms with Crippen LogP contribution in [-0.4, -0.2) is 29.2 Å². The summed E-state index contributed by atoms with van der Waals surface area (Å²) in [5.41, 5.74) is 0. The molecule has 0 atom stereocenters. The van der Waals surface area contributed by atoms with Crippen LogP contribution in [0.5, 0.6) is 0 Å². The predicted octanol–water partition coefficient (Wildman–Crippen LogP) is 0.523. The Morgan fingerprint density at radius 1 is 1.64 bits per heavy atom. The van der Waals surface area contributed by atoms with Crippen molar-refractivity contribution in [2.75, 3.05) is 11.0 Å². The van der Waals surface area contributed by atoms with Crippen LogP contribution in [0.3, 0.4) is 0 Å². The molecule has 0 fully saturated rings. The van der Waals surface area contributed by atoms with Gasteiger partial charge in [0.05, 0.1) is 6.20 Å². The highest BCUT2D eigenvalue weighted by Gasteiger charge is 2.16. The molecule has 1 N–H and O–H groups in total. The summed E-state index contributed by atoms with van der Waals surface area (Å²) in [6.07, 6.45) is 2.30. The lowest BCUT2D eigenvalue weighted by atomic mass is 10.5. The Morgan fingerprint density at radius 3 is 2.86 bits per heavy atom. The molecular formula is C7H12IN3O2S. The lowest BCUT2D eigenvalue weighted by Gasteiger charge is -2.05. The van der Waals surface area contributed by atoms with Gasteiger partial charge in [-0.15, -0.1) is 0 Å². The van der Waals surface area contributed by atoms with E-state index in [9.17, 15) is 8.42 Å². The quantitative estimate of drug-likeness (QED) is 0.487. The molecule has 0 spiro atoms. The first kappa shape index (κ1) is 11.9. The zero-order valence-corrected chi connectivity index (χ0v) is 10.7. The van der Waals surface area contributed by atoms with Gasteiger partial charge >= 0.3 is 0 Å². The normalized spacial score (nSPS) is 11.9. The van der Waals surface area contributed by atoms with Crippen LogP contribution in [0, 0.1) is 0 Å². The Hall–Kier alpha value is -0.150. The Morgan fingerprint density at radius 2 is 2.36 bits per heavy atom. The number of aryl methyl sites for hydroxylation is 1. The summed E-state index contributed by atoms with van der Waals surface area (Å²) < 4.78 is 28.0. The minimum Gasteiger partial charge on any atom is -0.256 e. The summed E-state index contributed by atoms with van der Waals surface area (Å²) in [6, 6.07) is 1.48. The zero-order chi connectivity index (χ0) is 10.6. The summed E-state index contributed by atoms with van der Waals surface area (Å²) in [7, 11) is -1.77. The largest absolute Gasteiger partial charge is 0.257 e. The van der Waals surface area contributed by atoms with E-state index in [1.165, 1.54) is 16.9 Å². The third-order valence-corrected chi connectivity index (χ3v) is 3.95. The molecule has 0 aromatic carbocycles. The molecule has 0 saturated heterocycles. The van der Waals surface area contributed by atoms with Gasteiger partial charge in [-0.1, -0.05) is 22.6 Å². The number of hydrogen-bond acceptors (Lipinski definition) is 3. The first-order valence-electron chi connectivity index (χ1n) is 4.11. The molecule has 80 valence electrons. The number of aromatic nitrogens is 2.